The molecule has 2 nitrogen and oxygen atoms in total. The van der Waals surface area contributed by atoms with Crippen LogP contribution in [0.15, 0.2) is 18.2 Å². The molecule has 0 bridgehead atoms. The summed E-state index contributed by atoms with van der Waals surface area (Å²) in [6.45, 7) is 3.08. The van der Waals surface area contributed by atoms with E-state index < -0.39 is 0 Å². The summed E-state index contributed by atoms with van der Waals surface area (Å²) in [5.41, 5.74) is 2.42. The predicted molar refractivity (Wildman–Crippen MR) is 69.0 cm³/mol. The molecule has 3 rings (SSSR count). The van der Waals surface area contributed by atoms with Crippen LogP contribution in [0.4, 0.5) is 4.39 Å². The Morgan fingerprint density at radius 3 is 3.06 bits per heavy atom. The third kappa shape index (κ3) is 2.29. The molecule has 1 aliphatic heterocycles. The van der Waals surface area contributed by atoms with E-state index in [1.54, 1.807) is 12.1 Å². The van der Waals surface area contributed by atoms with Gasteiger partial charge in [0.25, 0.3) is 0 Å². The molecule has 3 unspecified atom stereocenters. The molecule has 1 heterocycles. The van der Waals surface area contributed by atoms with E-state index in [9.17, 15) is 4.39 Å². The quantitative estimate of drug-likeness (QED) is 0.889. The lowest BCUT2D eigenvalue weighted by Gasteiger charge is -2.24. The summed E-state index contributed by atoms with van der Waals surface area (Å²) in [6.07, 6.45) is 4.70. The standard InChI is InChI=1S/C15H20FNO/c1-10(15-3-2-8-18-15)17-14-7-4-11-9-12(16)5-6-13(11)14/h5-6,9-10,14-15,17H,2-4,7-8H2,1H3. The number of hydrogen-bond acceptors (Lipinski definition) is 2. The molecule has 1 fully saturated rings. The van der Waals surface area contributed by atoms with Gasteiger partial charge in [0.2, 0.25) is 0 Å². The van der Waals surface area contributed by atoms with Crippen LogP contribution in [0.2, 0.25) is 0 Å². The average molecular weight is 249 g/mol. The van der Waals surface area contributed by atoms with E-state index in [4.69, 9.17) is 4.74 Å². The van der Waals surface area contributed by atoms with Crippen LogP contribution in [0, 0.1) is 5.82 Å². The first-order chi connectivity index (χ1) is 8.74. The van der Waals surface area contributed by atoms with Gasteiger partial charge in [-0.25, -0.2) is 4.39 Å². The van der Waals surface area contributed by atoms with E-state index in [1.165, 1.54) is 12.0 Å². The topological polar surface area (TPSA) is 21.3 Å². The molecule has 0 amide bonds. The summed E-state index contributed by atoms with van der Waals surface area (Å²) in [5, 5.41) is 3.65. The molecular formula is C15H20FNO. The Morgan fingerprint density at radius 1 is 1.39 bits per heavy atom. The number of fused-ring (bicyclic) bond motifs is 1. The van der Waals surface area contributed by atoms with E-state index in [1.807, 2.05) is 6.07 Å². The highest BCUT2D eigenvalue weighted by molar-refractivity contribution is 5.35. The molecule has 0 radical (unpaired) electrons. The minimum atomic E-state index is -0.124. The second-order valence-corrected chi connectivity index (χ2v) is 5.44. The zero-order chi connectivity index (χ0) is 12.5. The molecule has 3 heteroatoms. The molecular weight excluding hydrogens is 229 g/mol. The van der Waals surface area contributed by atoms with Gasteiger partial charge in [0.1, 0.15) is 5.82 Å². The highest BCUT2D eigenvalue weighted by Gasteiger charge is 2.28. The SMILES string of the molecule is CC(NC1CCc2cc(F)ccc21)C1CCCO1. The van der Waals surface area contributed by atoms with Gasteiger partial charge in [-0.1, -0.05) is 6.07 Å². The molecule has 0 aromatic heterocycles. The van der Waals surface area contributed by atoms with Gasteiger partial charge in [0.15, 0.2) is 0 Å². The van der Waals surface area contributed by atoms with Gasteiger partial charge in [0.05, 0.1) is 6.10 Å². The lowest BCUT2D eigenvalue weighted by atomic mass is 10.0. The van der Waals surface area contributed by atoms with Crippen LogP contribution in [0.25, 0.3) is 0 Å². The van der Waals surface area contributed by atoms with Gasteiger partial charge in [-0.05, 0) is 55.9 Å². The van der Waals surface area contributed by atoms with E-state index in [2.05, 4.69) is 12.2 Å². The number of rotatable bonds is 3. The van der Waals surface area contributed by atoms with Crippen LogP contribution in [0.5, 0.6) is 0 Å². The number of nitrogens with one attached hydrogen (secondary N) is 1. The molecule has 0 spiro atoms. The molecule has 98 valence electrons. The summed E-state index contributed by atoms with van der Waals surface area (Å²) in [7, 11) is 0. The number of hydrogen-bond donors (Lipinski definition) is 1. The van der Waals surface area contributed by atoms with Gasteiger partial charge in [0, 0.05) is 18.7 Å². The largest absolute Gasteiger partial charge is 0.377 e. The highest BCUT2D eigenvalue weighted by Crippen LogP contribution is 2.32. The summed E-state index contributed by atoms with van der Waals surface area (Å²) >= 11 is 0. The first kappa shape index (κ1) is 12.1. The second-order valence-electron chi connectivity index (χ2n) is 5.44. The van der Waals surface area contributed by atoms with Gasteiger partial charge in [-0.15, -0.1) is 0 Å². The maximum absolute atomic E-state index is 13.2. The molecule has 18 heavy (non-hydrogen) atoms. The van der Waals surface area contributed by atoms with E-state index >= 15 is 0 Å². The Bertz CT molecular complexity index is 429. The van der Waals surface area contributed by atoms with Crippen molar-refractivity contribution < 1.29 is 9.13 Å². The highest BCUT2D eigenvalue weighted by atomic mass is 19.1. The number of benzene rings is 1. The van der Waals surface area contributed by atoms with Crippen molar-refractivity contribution in [2.75, 3.05) is 6.61 Å². The Balaban J connectivity index is 1.68. The molecule has 1 aromatic carbocycles. The van der Waals surface area contributed by atoms with Crippen molar-refractivity contribution in [1.29, 1.82) is 0 Å². The smallest absolute Gasteiger partial charge is 0.123 e. The van der Waals surface area contributed by atoms with Gasteiger partial charge < -0.3 is 10.1 Å². The summed E-state index contributed by atoms with van der Waals surface area (Å²) < 4.78 is 18.9. The first-order valence-corrected chi connectivity index (χ1v) is 6.90. The van der Waals surface area contributed by atoms with Crippen molar-refractivity contribution in [2.24, 2.45) is 0 Å². The number of ether oxygens (including phenoxy) is 1. The van der Waals surface area contributed by atoms with Crippen molar-refractivity contribution in [3.8, 4) is 0 Å². The number of aryl methyl sites for hydroxylation is 1. The normalized spacial score (nSPS) is 28.3. The van der Waals surface area contributed by atoms with Gasteiger partial charge in [-0.2, -0.15) is 0 Å². The molecule has 0 saturated carbocycles. The Labute approximate surface area is 108 Å². The molecule has 1 aromatic rings. The van der Waals surface area contributed by atoms with Crippen LogP contribution in [-0.4, -0.2) is 18.8 Å². The third-order valence-corrected chi connectivity index (χ3v) is 4.17. The van der Waals surface area contributed by atoms with Gasteiger partial charge >= 0.3 is 0 Å². The minimum Gasteiger partial charge on any atom is -0.377 e. The van der Waals surface area contributed by atoms with Crippen molar-refractivity contribution >= 4 is 0 Å². The van der Waals surface area contributed by atoms with Crippen molar-refractivity contribution in [3.05, 3.63) is 35.1 Å². The molecule has 1 saturated heterocycles. The van der Waals surface area contributed by atoms with Crippen LogP contribution in [0.3, 0.4) is 0 Å². The predicted octanol–water partition coefficient (Wildman–Crippen LogP) is 2.97. The Morgan fingerprint density at radius 2 is 2.28 bits per heavy atom. The monoisotopic (exact) mass is 249 g/mol. The number of halogens is 1. The van der Waals surface area contributed by atoms with Crippen molar-refractivity contribution in [2.45, 2.75) is 50.8 Å². The van der Waals surface area contributed by atoms with Crippen LogP contribution in [-0.2, 0) is 11.2 Å². The van der Waals surface area contributed by atoms with Crippen molar-refractivity contribution in [1.82, 2.24) is 5.32 Å². The Kier molecular flexibility index (Phi) is 3.35. The maximum atomic E-state index is 13.2. The maximum Gasteiger partial charge on any atom is 0.123 e. The van der Waals surface area contributed by atoms with E-state index in [-0.39, 0.29) is 5.82 Å². The first-order valence-electron chi connectivity index (χ1n) is 6.90. The lowest BCUT2D eigenvalue weighted by Crippen LogP contribution is -2.38. The fraction of sp³-hybridized carbons (Fsp3) is 0.600. The molecule has 1 N–H and O–H groups in total. The molecule has 3 atom stereocenters. The average Bonchev–Trinajstić information content (AvgIpc) is 2.98. The third-order valence-electron chi connectivity index (χ3n) is 4.17. The lowest BCUT2D eigenvalue weighted by molar-refractivity contribution is 0.0797. The second kappa shape index (κ2) is 4.98. The summed E-state index contributed by atoms with van der Waals surface area (Å²) in [6, 6.07) is 5.90. The van der Waals surface area contributed by atoms with Crippen LogP contribution < -0.4 is 5.32 Å². The summed E-state index contributed by atoms with van der Waals surface area (Å²) in [5.74, 6) is -0.124. The zero-order valence-electron chi connectivity index (χ0n) is 10.8. The minimum absolute atomic E-state index is 0.124. The van der Waals surface area contributed by atoms with E-state index in [0.29, 0.717) is 18.2 Å². The summed E-state index contributed by atoms with van der Waals surface area (Å²) in [4.78, 5) is 0. The van der Waals surface area contributed by atoms with Crippen LogP contribution >= 0.6 is 0 Å². The van der Waals surface area contributed by atoms with Crippen molar-refractivity contribution in [3.63, 3.8) is 0 Å². The fourth-order valence-corrected chi connectivity index (χ4v) is 3.18. The Hall–Kier alpha value is -0.930. The van der Waals surface area contributed by atoms with E-state index in [0.717, 1.165) is 31.4 Å². The molecule has 1 aliphatic carbocycles. The zero-order valence-corrected chi connectivity index (χ0v) is 10.8. The van der Waals surface area contributed by atoms with Crippen LogP contribution in [0.1, 0.15) is 43.4 Å². The fourth-order valence-electron chi connectivity index (χ4n) is 3.18. The van der Waals surface area contributed by atoms with Gasteiger partial charge in [-0.3, -0.25) is 0 Å². The molecule has 2 aliphatic rings.